The maximum absolute atomic E-state index is 12.7. The number of hydrogen-bond donors (Lipinski definition) is 0. The summed E-state index contributed by atoms with van der Waals surface area (Å²) < 4.78 is 16.1. The third-order valence-corrected chi connectivity index (χ3v) is 6.13. The SMILES string of the molecule is COC(=O)c1c(CN2CCC[C@H]2c2ccc(OC)cc2OC)nc2ccccc2c1C. The second-order valence-electron chi connectivity index (χ2n) is 7.80. The van der Waals surface area contributed by atoms with Crippen LogP contribution in [0.2, 0.25) is 0 Å². The Morgan fingerprint density at radius 2 is 1.94 bits per heavy atom. The Morgan fingerprint density at radius 3 is 2.68 bits per heavy atom. The first-order valence-corrected chi connectivity index (χ1v) is 10.5. The fourth-order valence-electron chi connectivity index (χ4n) is 4.58. The van der Waals surface area contributed by atoms with E-state index in [2.05, 4.69) is 11.0 Å². The van der Waals surface area contributed by atoms with E-state index >= 15 is 0 Å². The molecule has 1 saturated heterocycles. The van der Waals surface area contributed by atoms with Gasteiger partial charge in [-0.25, -0.2) is 4.79 Å². The molecule has 0 unspecified atom stereocenters. The smallest absolute Gasteiger partial charge is 0.340 e. The Balaban J connectivity index is 1.74. The summed E-state index contributed by atoms with van der Waals surface area (Å²) in [6.45, 7) is 3.46. The zero-order valence-corrected chi connectivity index (χ0v) is 18.5. The van der Waals surface area contributed by atoms with Crippen molar-refractivity contribution in [1.29, 1.82) is 0 Å². The van der Waals surface area contributed by atoms with Gasteiger partial charge in [0, 0.05) is 29.6 Å². The van der Waals surface area contributed by atoms with Crippen molar-refractivity contribution < 1.29 is 19.0 Å². The lowest BCUT2D eigenvalue weighted by molar-refractivity contribution is 0.0596. The van der Waals surface area contributed by atoms with Crippen LogP contribution in [-0.2, 0) is 11.3 Å². The largest absolute Gasteiger partial charge is 0.497 e. The van der Waals surface area contributed by atoms with E-state index in [1.54, 1.807) is 14.2 Å². The van der Waals surface area contributed by atoms with Gasteiger partial charge >= 0.3 is 5.97 Å². The van der Waals surface area contributed by atoms with E-state index < -0.39 is 0 Å². The number of carbonyl (C=O) groups is 1. The molecule has 0 saturated carbocycles. The van der Waals surface area contributed by atoms with Crippen LogP contribution in [0.3, 0.4) is 0 Å². The van der Waals surface area contributed by atoms with Gasteiger partial charge in [-0.2, -0.15) is 0 Å². The van der Waals surface area contributed by atoms with Crippen LogP contribution in [0.1, 0.15) is 46.1 Å². The lowest BCUT2D eigenvalue weighted by atomic mass is 10.00. The molecule has 2 aromatic carbocycles. The highest BCUT2D eigenvalue weighted by molar-refractivity contribution is 5.98. The number of ether oxygens (including phenoxy) is 3. The van der Waals surface area contributed by atoms with Gasteiger partial charge in [-0.1, -0.05) is 24.3 Å². The Hall–Kier alpha value is -3.12. The number of carbonyl (C=O) groups excluding carboxylic acids is 1. The average molecular weight is 421 g/mol. The number of aryl methyl sites for hydroxylation is 1. The minimum atomic E-state index is -0.344. The van der Waals surface area contributed by atoms with Gasteiger partial charge in [0.25, 0.3) is 0 Å². The summed E-state index contributed by atoms with van der Waals surface area (Å²) in [6, 6.07) is 14.1. The summed E-state index contributed by atoms with van der Waals surface area (Å²) in [5, 5.41) is 0.974. The number of esters is 1. The van der Waals surface area contributed by atoms with Crippen molar-refractivity contribution in [2.75, 3.05) is 27.9 Å². The lowest BCUT2D eigenvalue weighted by Gasteiger charge is -2.27. The average Bonchev–Trinajstić information content (AvgIpc) is 3.26. The number of fused-ring (bicyclic) bond motifs is 1. The predicted molar refractivity (Wildman–Crippen MR) is 120 cm³/mol. The predicted octanol–water partition coefficient (Wildman–Crippen LogP) is 4.68. The van der Waals surface area contributed by atoms with E-state index in [0.717, 1.165) is 58.6 Å². The Labute approximate surface area is 182 Å². The van der Waals surface area contributed by atoms with Crippen LogP contribution >= 0.6 is 0 Å². The maximum Gasteiger partial charge on any atom is 0.340 e. The van der Waals surface area contributed by atoms with Gasteiger partial charge in [-0.05, 0) is 44.0 Å². The molecule has 0 spiro atoms. The summed E-state index contributed by atoms with van der Waals surface area (Å²) in [4.78, 5) is 19.9. The Kier molecular flexibility index (Phi) is 6.09. The van der Waals surface area contributed by atoms with Gasteiger partial charge in [-0.3, -0.25) is 9.88 Å². The molecule has 6 nitrogen and oxygen atoms in total. The number of pyridine rings is 1. The fourth-order valence-corrected chi connectivity index (χ4v) is 4.58. The van der Waals surface area contributed by atoms with Crippen LogP contribution < -0.4 is 9.47 Å². The van der Waals surface area contributed by atoms with Gasteiger partial charge in [0.2, 0.25) is 0 Å². The first kappa shape index (κ1) is 21.1. The highest BCUT2D eigenvalue weighted by Crippen LogP contribution is 2.40. The molecule has 2 heterocycles. The molecule has 0 amide bonds. The van der Waals surface area contributed by atoms with Crippen LogP contribution in [0.5, 0.6) is 11.5 Å². The van der Waals surface area contributed by atoms with Crippen LogP contribution in [0.25, 0.3) is 10.9 Å². The quantitative estimate of drug-likeness (QED) is 0.540. The number of methoxy groups -OCH3 is 3. The monoisotopic (exact) mass is 420 g/mol. The summed E-state index contributed by atoms with van der Waals surface area (Å²) in [5.74, 6) is 1.24. The highest BCUT2D eigenvalue weighted by atomic mass is 16.5. The summed E-state index contributed by atoms with van der Waals surface area (Å²) >= 11 is 0. The van der Waals surface area contributed by atoms with Crippen molar-refractivity contribution >= 4 is 16.9 Å². The number of aromatic nitrogens is 1. The molecule has 0 aliphatic carbocycles. The third kappa shape index (κ3) is 3.95. The van der Waals surface area contributed by atoms with Crippen molar-refractivity contribution in [2.45, 2.75) is 32.4 Å². The van der Waals surface area contributed by atoms with E-state index in [4.69, 9.17) is 19.2 Å². The molecular formula is C25H28N2O4. The number of rotatable bonds is 6. The van der Waals surface area contributed by atoms with Crippen molar-refractivity contribution in [3.8, 4) is 11.5 Å². The minimum absolute atomic E-state index is 0.180. The second kappa shape index (κ2) is 8.94. The molecule has 3 aromatic rings. The number of likely N-dealkylation sites (tertiary alicyclic amines) is 1. The normalized spacial score (nSPS) is 16.5. The van der Waals surface area contributed by atoms with Crippen LogP contribution in [0.15, 0.2) is 42.5 Å². The molecule has 1 atom stereocenters. The molecule has 4 rings (SSSR count). The molecule has 162 valence electrons. The molecule has 0 radical (unpaired) electrons. The molecule has 1 aliphatic heterocycles. The Bertz CT molecular complexity index is 1110. The summed E-state index contributed by atoms with van der Waals surface area (Å²) in [6.07, 6.45) is 2.09. The Morgan fingerprint density at radius 1 is 1.13 bits per heavy atom. The maximum atomic E-state index is 12.7. The standard InChI is InChI=1S/C25H28N2O4/c1-16-18-8-5-6-9-20(18)26-21(24(16)25(28)31-4)15-27-13-7-10-22(27)19-12-11-17(29-2)14-23(19)30-3/h5-6,8-9,11-12,14,22H,7,10,13,15H2,1-4H3/t22-/m0/s1. The molecule has 0 bridgehead atoms. The molecule has 1 aromatic heterocycles. The molecule has 6 heteroatoms. The molecule has 0 N–H and O–H groups in total. The van der Waals surface area contributed by atoms with Crippen molar-refractivity contribution in [3.63, 3.8) is 0 Å². The van der Waals surface area contributed by atoms with Crippen LogP contribution in [0.4, 0.5) is 0 Å². The van der Waals surface area contributed by atoms with Crippen molar-refractivity contribution in [1.82, 2.24) is 9.88 Å². The van der Waals surface area contributed by atoms with E-state index in [1.165, 1.54) is 7.11 Å². The van der Waals surface area contributed by atoms with Crippen molar-refractivity contribution in [2.24, 2.45) is 0 Å². The first-order chi connectivity index (χ1) is 15.1. The number of hydrogen-bond acceptors (Lipinski definition) is 6. The lowest BCUT2D eigenvalue weighted by Crippen LogP contribution is -2.25. The zero-order valence-electron chi connectivity index (χ0n) is 18.5. The molecular weight excluding hydrogens is 392 g/mol. The third-order valence-electron chi connectivity index (χ3n) is 6.13. The first-order valence-electron chi connectivity index (χ1n) is 10.5. The highest BCUT2D eigenvalue weighted by Gasteiger charge is 2.31. The van der Waals surface area contributed by atoms with Crippen LogP contribution in [-0.4, -0.2) is 43.7 Å². The van der Waals surface area contributed by atoms with Gasteiger partial charge < -0.3 is 14.2 Å². The van der Waals surface area contributed by atoms with Gasteiger partial charge in [0.1, 0.15) is 11.5 Å². The minimum Gasteiger partial charge on any atom is -0.497 e. The summed E-state index contributed by atoms with van der Waals surface area (Å²) in [7, 11) is 4.75. The number of benzene rings is 2. The fraction of sp³-hybridized carbons (Fsp3) is 0.360. The number of nitrogens with zero attached hydrogens (tertiary/aromatic N) is 2. The van der Waals surface area contributed by atoms with Crippen LogP contribution in [0, 0.1) is 6.92 Å². The molecule has 1 aliphatic rings. The van der Waals surface area contributed by atoms with Crippen molar-refractivity contribution in [3.05, 3.63) is 64.8 Å². The second-order valence-corrected chi connectivity index (χ2v) is 7.80. The van der Waals surface area contributed by atoms with E-state index in [0.29, 0.717) is 12.1 Å². The van der Waals surface area contributed by atoms with E-state index in [1.807, 2.05) is 43.3 Å². The van der Waals surface area contributed by atoms with Gasteiger partial charge in [0.05, 0.1) is 38.1 Å². The zero-order chi connectivity index (χ0) is 22.0. The van der Waals surface area contributed by atoms with E-state index in [-0.39, 0.29) is 12.0 Å². The van der Waals surface area contributed by atoms with Gasteiger partial charge in [-0.15, -0.1) is 0 Å². The summed E-state index contributed by atoms with van der Waals surface area (Å²) in [5.41, 5.74) is 4.24. The van der Waals surface area contributed by atoms with E-state index in [9.17, 15) is 4.79 Å². The topological polar surface area (TPSA) is 60.9 Å². The molecule has 31 heavy (non-hydrogen) atoms. The number of para-hydroxylation sites is 1. The van der Waals surface area contributed by atoms with Gasteiger partial charge in [0.15, 0.2) is 0 Å². The molecule has 1 fully saturated rings.